The molecule has 1 aromatic heterocycles. The minimum atomic E-state index is 0.0548. The van der Waals surface area contributed by atoms with E-state index >= 15 is 0 Å². The number of nitrogens with zero attached hydrogens (tertiary/aromatic N) is 2. The van der Waals surface area contributed by atoms with Gasteiger partial charge in [0.1, 0.15) is 4.88 Å². The summed E-state index contributed by atoms with van der Waals surface area (Å²) in [4.78, 5) is 18.4. The molecule has 1 amide bonds. The molecule has 1 aromatic rings. The van der Waals surface area contributed by atoms with Crippen LogP contribution >= 0.6 is 11.3 Å². The van der Waals surface area contributed by atoms with Gasteiger partial charge in [0.25, 0.3) is 5.91 Å². The van der Waals surface area contributed by atoms with Gasteiger partial charge in [0.05, 0.1) is 5.69 Å². The predicted molar refractivity (Wildman–Crippen MR) is 56.4 cm³/mol. The van der Waals surface area contributed by atoms with Crippen LogP contribution in [-0.2, 0) is 0 Å². The molecule has 1 fully saturated rings. The summed E-state index contributed by atoms with van der Waals surface area (Å²) in [6.07, 6.45) is 2.24. The minimum Gasteiger partial charge on any atom is -0.375 e. The molecule has 1 heterocycles. The summed E-state index contributed by atoms with van der Waals surface area (Å²) >= 11 is 1.27. The topological polar surface area (TPSA) is 59.2 Å². The smallest absolute Gasteiger partial charge is 0.265 e. The van der Waals surface area contributed by atoms with E-state index in [9.17, 15) is 4.79 Å². The molecule has 0 unspecified atom stereocenters. The first-order chi connectivity index (χ1) is 6.59. The minimum absolute atomic E-state index is 0.0548. The normalized spacial score (nSPS) is 15.6. The summed E-state index contributed by atoms with van der Waals surface area (Å²) in [5.41, 5.74) is 6.29. The molecule has 76 valence electrons. The van der Waals surface area contributed by atoms with Crippen LogP contribution in [0.3, 0.4) is 0 Å². The van der Waals surface area contributed by atoms with E-state index in [0.717, 1.165) is 18.5 Å². The summed E-state index contributed by atoms with van der Waals surface area (Å²) in [5.74, 6) is 0.0548. The molecule has 0 bridgehead atoms. The van der Waals surface area contributed by atoms with Crippen LogP contribution in [0.1, 0.15) is 28.2 Å². The standard InChI is InChI=1S/C9H13N3OS/c1-5-7(14-9(10)11-5)8(13)12(2)6-3-4-6/h6H,3-4H2,1-2H3,(H2,10,11). The fourth-order valence-electron chi connectivity index (χ4n) is 1.40. The number of nitrogen functional groups attached to an aromatic ring is 1. The number of hydrogen-bond donors (Lipinski definition) is 1. The molecule has 14 heavy (non-hydrogen) atoms. The maximum absolute atomic E-state index is 11.9. The van der Waals surface area contributed by atoms with E-state index in [4.69, 9.17) is 5.73 Å². The van der Waals surface area contributed by atoms with E-state index in [1.54, 1.807) is 4.90 Å². The van der Waals surface area contributed by atoms with Crippen molar-refractivity contribution in [2.75, 3.05) is 12.8 Å². The average Bonchev–Trinajstić information content (AvgIpc) is 2.90. The molecule has 2 N–H and O–H groups in total. The highest BCUT2D eigenvalue weighted by Gasteiger charge is 2.31. The van der Waals surface area contributed by atoms with Crippen LogP contribution in [-0.4, -0.2) is 28.9 Å². The van der Waals surface area contributed by atoms with Crippen molar-refractivity contribution in [3.63, 3.8) is 0 Å². The number of amides is 1. The van der Waals surface area contributed by atoms with Crippen LogP contribution in [0, 0.1) is 6.92 Å². The number of hydrogen-bond acceptors (Lipinski definition) is 4. The molecule has 0 aromatic carbocycles. The average molecular weight is 211 g/mol. The van der Waals surface area contributed by atoms with E-state index in [0.29, 0.717) is 16.1 Å². The number of carbonyl (C=O) groups is 1. The van der Waals surface area contributed by atoms with Crippen LogP contribution in [0.4, 0.5) is 5.13 Å². The third-order valence-corrected chi connectivity index (χ3v) is 3.40. The quantitative estimate of drug-likeness (QED) is 0.801. The van der Waals surface area contributed by atoms with Crippen LogP contribution in [0.25, 0.3) is 0 Å². The lowest BCUT2D eigenvalue weighted by Gasteiger charge is -2.14. The van der Waals surface area contributed by atoms with Gasteiger partial charge in [0, 0.05) is 13.1 Å². The maximum Gasteiger partial charge on any atom is 0.265 e. The zero-order valence-electron chi connectivity index (χ0n) is 8.28. The number of nitrogens with two attached hydrogens (primary N) is 1. The lowest BCUT2D eigenvalue weighted by Crippen LogP contribution is -2.28. The highest BCUT2D eigenvalue weighted by atomic mass is 32.1. The van der Waals surface area contributed by atoms with Crippen molar-refractivity contribution >= 4 is 22.4 Å². The number of carbonyl (C=O) groups excluding carboxylic acids is 1. The molecular formula is C9H13N3OS. The van der Waals surface area contributed by atoms with Gasteiger partial charge < -0.3 is 10.6 Å². The molecule has 1 aliphatic carbocycles. The number of thiazole rings is 1. The Bertz CT molecular complexity index is 370. The Morgan fingerprint density at radius 1 is 1.64 bits per heavy atom. The van der Waals surface area contributed by atoms with Crippen molar-refractivity contribution in [3.8, 4) is 0 Å². The van der Waals surface area contributed by atoms with E-state index in [-0.39, 0.29) is 5.91 Å². The first-order valence-electron chi connectivity index (χ1n) is 4.59. The number of anilines is 1. The van der Waals surface area contributed by atoms with Crippen molar-refractivity contribution < 1.29 is 4.79 Å². The molecule has 0 spiro atoms. The molecule has 0 atom stereocenters. The Kier molecular flexibility index (Phi) is 2.19. The Morgan fingerprint density at radius 2 is 2.29 bits per heavy atom. The molecule has 5 heteroatoms. The lowest BCUT2D eigenvalue weighted by molar-refractivity contribution is 0.0789. The van der Waals surface area contributed by atoms with Crippen LogP contribution < -0.4 is 5.73 Å². The summed E-state index contributed by atoms with van der Waals surface area (Å²) < 4.78 is 0. The van der Waals surface area contributed by atoms with Crippen LogP contribution in [0.2, 0.25) is 0 Å². The second-order valence-electron chi connectivity index (χ2n) is 3.61. The first kappa shape index (κ1) is 9.45. The third-order valence-electron chi connectivity index (χ3n) is 2.42. The van der Waals surface area contributed by atoms with Crippen molar-refractivity contribution in [1.29, 1.82) is 0 Å². The fourth-order valence-corrected chi connectivity index (χ4v) is 2.22. The van der Waals surface area contributed by atoms with Crippen molar-refractivity contribution in [2.45, 2.75) is 25.8 Å². The van der Waals surface area contributed by atoms with E-state index in [1.165, 1.54) is 11.3 Å². The van der Waals surface area contributed by atoms with Gasteiger partial charge in [-0.3, -0.25) is 4.79 Å². The molecule has 0 radical (unpaired) electrons. The monoisotopic (exact) mass is 211 g/mol. The van der Waals surface area contributed by atoms with Gasteiger partial charge in [-0.15, -0.1) is 0 Å². The molecule has 2 rings (SSSR count). The molecule has 0 saturated heterocycles. The van der Waals surface area contributed by atoms with Gasteiger partial charge in [0.2, 0.25) is 0 Å². The van der Waals surface area contributed by atoms with Crippen molar-refractivity contribution in [2.24, 2.45) is 0 Å². The highest BCUT2D eigenvalue weighted by molar-refractivity contribution is 7.17. The summed E-state index contributed by atoms with van der Waals surface area (Å²) in [7, 11) is 1.84. The van der Waals surface area contributed by atoms with Gasteiger partial charge in [-0.2, -0.15) is 0 Å². The first-order valence-corrected chi connectivity index (χ1v) is 5.41. The molecular weight excluding hydrogens is 198 g/mol. The van der Waals surface area contributed by atoms with Crippen molar-refractivity contribution in [3.05, 3.63) is 10.6 Å². The van der Waals surface area contributed by atoms with E-state index in [1.807, 2.05) is 14.0 Å². The SMILES string of the molecule is Cc1nc(N)sc1C(=O)N(C)C1CC1. The van der Waals surface area contributed by atoms with Gasteiger partial charge in [0.15, 0.2) is 5.13 Å². The lowest BCUT2D eigenvalue weighted by atomic mass is 10.3. The number of rotatable bonds is 2. The maximum atomic E-state index is 11.9. The number of aryl methyl sites for hydroxylation is 1. The number of aromatic nitrogens is 1. The van der Waals surface area contributed by atoms with Gasteiger partial charge in [-0.25, -0.2) is 4.98 Å². The second-order valence-corrected chi connectivity index (χ2v) is 4.64. The summed E-state index contributed by atoms with van der Waals surface area (Å²) in [6, 6.07) is 0.435. The second kappa shape index (κ2) is 3.24. The Labute approximate surface area is 86.7 Å². The molecule has 4 nitrogen and oxygen atoms in total. The highest BCUT2D eigenvalue weighted by Crippen LogP contribution is 2.29. The van der Waals surface area contributed by atoms with E-state index in [2.05, 4.69) is 4.98 Å². The zero-order chi connectivity index (χ0) is 10.3. The van der Waals surface area contributed by atoms with Gasteiger partial charge >= 0.3 is 0 Å². The largest absolute Gasteiger partial charge is 0.375 e. The Morgan fingerprint density at radius 3 is 2.71 bits per heavy atom. The Hall–Kier alpha value is -1.10. The van der Waals surface area contributed by atoms with Gasteiger partial charge in [-0.05, 0) is 19.8 Å². The van der Waals surface area contributed by atoms with Crippen molar-refractivity contribution in [1.82, 2.24) is 9.88 Å². The third kappa shape index (κ3) is 1.59. The van der Waals surface area contributed by atoms with Crippen LogP contribution in [0.5, 0.6) is 0 Å². The summed E-state index contributed by atoms with van der Waals surface area (Å²) in [5, 5.41) is 0.468. The molecule has 1 aliphatic rings. The Balaban J connectivity index is 2.21. The molecule has 1 saturated carbocycles. The zero-order valence-corrected chi connectivity index (χ0v) is 9.10. The van der Waals surface area contributed by atoms with Gasteiger partial charge in [-0.1, -0.05) is 11.3 Å². The molecule has 0 aliphatic heterocycles. The van der Waals surface area contributed by atoms with Crippen LogP contribution in [0.15, 0.2) is 0 Å². The predicted octanol–water partition coefficient (Wildman–Crippen LogP) is 1.27. The van der Waals surface area contributed by atoms with E-state index < -0.39 is 0 Å². The summed E-state index contributed by atoms with van der Waals surface area (Å²) in [6.45, 7) is 1.82. The fraction of sp³-hybridized carbons (Fsp3) is 0.556.